The van der Waals surface area contributed by atoms with Gasteiger partial charge < -0.3 is 15.5 Å². The molecule has 0 bridgehead atoms. The normalized spacial score (nSPS) is 12.1. The monoisotopic (exact) mass is 521 g/mol. The van der Waals surface area contributed by atoms with Crippen molar-refractivity contribution in [1.82, 2.24) is 20.4 Å². The van der Waals surface area contributed by atoms with E-state index in [0.717, 1.165) is 37.6 Å². The molecular formula is C22H41FIN5. The summed E-state index contributed by atoms with van der Waals surface area (Å²) < 4.78 is 13.9. The smallest absolute Gasteiger partial charge is 0.191 e. The molecule has 0 aliphatic heterocycles. The van der Waals surface area contributed by atoms with Crippen molar-refractivity contribution in [3.05, 3.63) is 35.1 Å². The van der Waals surface area contributed by atoms with E-state index in [1.165, 1.54) is 6.07 Å². The zero-order valence-corrected chi connectivity index (χ0v) is 21.6. The zero-order chi connectivity index (χ0) is 21.1. The molecule has 1 aromatic rings. The van der Waals surface area contributed by atoms with Gasteiger partial charge in [0, 0.05) is 43.8 Å². The lowest BCUT2D eigenvalue weighted by Crippen LogP contribution is -2.41. The van der Waals surface area contributed by atoms with E-state index in [9.17, 15) is 4.39 Å². The van der Waals surface area contributed by atoms with E-state index in [1.807, 2.05) is 31.1 Å². The summed E-state index contributed by atoms with van der Waals surface area (Å²) in [4.78, 5) is 9.13. The maximum absolute atomic E-state index is 13.9. The van der Waals surface area contributed by atoms with E-state index in [2.05, 4.69) is 55.1 Å². The van der Waals surface area contributed by atoms with Gasteiger partial charge in [0.1, 0.15) is 5.82 Å². The predicted octanol–water partition coefficient (Wildman–Crippen LogP) is 4.07. The van der Waals surface area contributed by atoms with E-state index in [4.69, 9.17) is 0 Å². The van der Waals surface area contributed by atoms with Gasteiger partial charge in [-0.2, -0.15) is 0 Å². The van der Waals surface area contributed by atoms with Gasteiger partial charge in [-0.25, -0.2) is 9.38 Å². The van der Waals surface area contributed by atoms with Crippen molar-refractivity contribution < 1.29 is 4.39 Å². The van der Waals surface area contributed by atoms with Crippen LogP contribution in [0.2, 0.25) is 0 Å². The molecule has 0 unspecified atom stereocenters. The number of hydrogen-bond acceptors (Lipinski definition) is 3. The molecule has 1 rings (SSSR count). The lowest BCUT2D eigenvalue weighted by molar-refractivity contribution is 0.173. The van der Waals surface area contributed by atoms with Crippen LogP contribution in [-0.4, -0.2) is 61.6 Å². The average Bonchev–Trinajstić information content (AvgIpc) is 2.60. The summed E-state index contributed by atoms with van der Waals surface area (Å²) in [7, 11) is 3.88. The first kappa shape index (κ1) is 28.1. The molecule has 168 valence electrons. The van der Waals surface area contributed by atoms with Crippen LogP contribution >= 0.6 is 24.0 Å². The van der Waals surface area contributed by atoms with Crippen LogP contribution in [-0.2, 0) is 13.1 Å². The molecule has 0 aromatic heterocycles. The molecule has 2 N–H and O–H groups in total. The minimum absolute atomic E-state index is 0. The minimum Gasteiger partial charge on any atom is -0.357 e. The Morgan fingerprint density at radius 1 is 1.10 bits per heavy atom. The summed E-state index contributed by atoms with van der Waals surface area (Å²) in [6.45, 7) is 14.9. The number of nitrogens with one attached hydrogen (secondary N) is 2. The van der Waals surface area contributed by atoms with Crippen molar-refractivity contribution in [3.8, 4) is 0 Å². The Bertz CT molecular complexity index is 597. The highest BCUT2D eigenvalue weighted by Gasteiger charge is 2.12. The fraction of sp³-hybridized carbons (Fsp3) is 0.682. The molecular weight excluding hydrogens is 480 g/mol. The van der Waals surface area contributed by atoms with Gasteiger partial charge in [-0.15, -0.1) is 24.0 Å². The predicted molar refractivity (Wildman–Crippen MR) is 134 cm³/mol. The molecule has 0 amide bonds. The molecule has 0 atom stereocenters. The quantitative estimate of drug-likeness (QED) is 0.200. The Labute approximate surface area is 194 Å². The van der Waals surface area contributed by atoms with Crippen LogP contribution in [0, 0.1) is 5.82 Å². The molecule has 0 radical (unpaired) electrons. The van der Waals surface area contributed by atoms with Crippen molar-refractivity contribution in [2.24, 2.45) is 4.99 Å². The Morgan fingerprint density at radius 2 is 1.76 bits per heavy atom. The average molecular weight is 522 g/mol. The van der Waals surface area contributed by atoms with Crippen molar-refractivity contribution in [2.45, 2.75) is 66.2 Å². The highest BCUT2D eigenvalue weighted by atomic mass is 127. The lowest BCUT2D eigenvalue weighted by Gasteiger charge is -2.30. The molecule has 29 heavy (non-hydrogen) atoms. The van der Waals surface area contributed by atoms with Crippen molar-refractivity contribution in [1.29, 1.82) is 0 Å². The fourth-order valence-corrected chi connectivity index (χ4v) is 3.28. The topological polar surface area (TPSA) is 42.9 Å². The van der Waals surface area contributed by atoms with Crippen molar-refractivity contribution in [2.75, 3.05) is 33.7 Å². The first-order valence-electron chi connectivity index (χ1n) is 10.4. The second kappa shape index (κ2) is 15.0. The summed E-state index contributed by atoms with van der Waals surface area (Å²) in [5, 5.41) is 6.70. The van der Waals surface area contributed by atoms with Crippen LogP contribution < -0.4 is 10.6 Å². The van der Waals surface area contributed by atoms with Gasteiger partial charge in [-0.05, 0) is 72.8 Å². The SMILES string of the molecule is CCNC(=NCc1ccc(F)c(CN(C)C)c1)NCCCN(C(C)C)C(C)C.I. The van der Waals surface area contributed by atoms with E-state index in [1.54, 1.807) is 0 Å². The second-order valence-electron chi connectivity index (χ2n) is 8.06. The van der Waals surface area contributed by atoms with Crippen LogP contribution in [0.4, 0.5) is 4.39 Å². The number of hydrogen-bond donors (Lipinski definition) is 2. The molecule has 0 saturated heterocycles. The van der Waals surface area contributed by atoms with E-state index < -0.39 is 0 Å². The lowest BCUT2D eigenvalue weighted by atomic mass is 10.1. The zero-order valence-electron chi connectivity index (χ0n) is 19.3. The molecule has 0 fully saturated rings. The van der Waals surface area contributed by atoms with Crippen molar-refractivity contribution >= 4 is 29.9 Å². The molecule has 1 aromatic carbocycles. The Kier molecular flexibility index (Phi) is 14.5. The standard InChI is InChI=1S/C22H40FN5.HI/c1-8-24-22(25-12-9-13-28(17(2)3)18(4)5)26-15-19-10-11-21(23)20(14-19)16-27(6)7;/h10-11,14,17-18H,8-9,12-13,15-16H2,1-7H3,(H2,24,25,26);1H. The number of halogens is 2. The summed E-state index contributed by atoms with van der Waals surface area (Å²) in [5.41, 5.74) is 1.72. The highest BCUT2D eigenvalue weighted by molar-refractivity contribution is 14.0. The summed E-state index contributed by atoms with van der Waals surface area (Å²) in [5.74, 6) is 0.646. The van der Waals surface area contributed by atoms with Crippen LogP contribution in [0.1, 0.15) is 52.2 Å². The van der Waals surface area contributed by atoms with E-state index >= 15 is 0 Å². The van der Waals surface area contributed by atoms with Gasteiger partial charge in [-0.1, -0.05) is 6.07 Å². The Balaban J connectivity index is 0.00000784. The largest absolute Gasteiger partial charge is 0.357 e. The second-order valence-corrected chi connectivity index (χ2v) is 8.06. The summed E-state index contributed by atoms with van der Waals surface area (Å²) in [6.07, 6.45) is 1.06. The van der Waals surface area contributed by atoms with Crippen LogP contribution in [0.15, 0.2) is 23.2 Å². The molecule has 0 heterocycles. The van der Waals surface area contributed by atoms with Crippen LogP contribution in [0.25, 0.3) is 0 Å². The number of nitrogens with zero attached hydrogens (tertiary/aromatic N) is 3. The molecule has 7 heteroatoms. The highest BCUT2D eigenvalue weighted by Crippen LogP contribution is 2.13. The molecule has 0 saturated carbocycles. The maximum atomic E-state index is 13.9. The number of benzene rings is 1. The van der Waals surface area contributed by atoms with E-state index in [-0.39, 0.29) is 29.8 Å². The van der Waals surface area contributed by atoms with Gasteiger partial charge in [0.15, 0.2) is 5.96 Å². The van der Waals surface area contributed by atoms with Gasteiger partial charge in [-0.3, -0.25) is 4.90 Å². The number of rotatable bonds is 11. The van der Waals surface area contributed by atoms with Gasteiger partial charge >= 0.3 is 0 Å². The Morgan fingerprint density at radius 3 is 2.31 bits per heavy atom. The van der Waals surface area contributed by atoms with Gasteiger partial charge in [0.05, 0.1) is 6.54 Å². The van der Waals surface area contributed by atoms with Crippen molar-refractivity contribution in [3.63, 3.8) is 0 Å². The summed E-state index contributed by atoms with van der Waals surface area (Å²) in [6, 6.07) is 6.36. The Hall–Kier alpha value is -0.930. The third-order valence-corrected chi connectivity index (χ3v) is 4.57. The summed E-state index contributed by atoms with van der Waals surface area (Å²) >= 11 is 0. The fourth-order valence-electron chi connectivity index (χ4n) is 3.28. The molecule has 5 nitrogen and oxygen atoms in total. The van der Waals surface area contributed by atoms with Crippen LogP contribution in [0.5, 0.6) is 0 Å². The first-order valence-corrected chi connectivity index (χ1v) is 10.4. The first-order chi connectivity index (χ1) is 13.2. The third kappa shape index (κ3) is 11.1. The molecule has 0 aliphatic rings. The van der Waals surface area contributed by atoms with Gasteiger partial charge in [0.25, 0.3) is 0 Å². The third-order valence-electron chi connectivity index (χ3n) is 4.57. The molecule has 0 aliphatic carbocycles. The maximum Gasteiger partial charge on any atom is 0.191 e. The number of guanidine groups is 1. The number of aliphatic imine (C=N–C) groups is 1. The molecule has 0 spiro atoms. The van der Waals surface area contributed by atoms with Gasteiger partial charge in [0.2, 0.25) is 0 Å². The van der Waals surface area contributed by atoms with Crippen LogP contribution in [0.3, 0.4) is 0 Å². The minimum atomic E-state index is -0.161. The van der Waals surface area contributed by atoms with E-state index in [0.29, 0.717) is 30.7 Å².